The van der Waals surface area contributed by atoms with Crippen LogP contribution in [0.4, 0.5) is 0 Å². The largest absolute Gasteiger partial charge is 0.871 e. The fourth-order valence-electron chi connectivity index (χ4n) is 2.32. The minimum absolute atomic E-state index is 0.0382. The number of ketones is 2. The van der Waals surface area contributed by atoms with Crippen molar-refractivity contribution in [2.24, 2.45) is 0 Å². The molecule has 1 N–H and O–H groups in total. The zero-order valence-electron chi connectivity index (χ0n) is 10.0. The molecule has 0 aromatic heterocycles. The molecule has 0 radical (unpaired) electrons. The number of hydrogen-bond donors (Lipinski definition) is 1. The van der Waals surface area contributed by atoms with Gasteiger partial charge in [0.05, 0.1) is 5.56 Å². The van der Waals surface area contributed by atoms with Crippen LogP contribution in [-0.2, 0) is 0 Å². The lowest BCUT2D eigenvalue weighted by atomic mass is 9.82. The molecule has 0 aliphatic heterocycles. The molecule has 0 spiro atoms. The van der Waals surface area contributed by atoms with Crippen molar-refractivity contribution in [2.75, 3.05) is 0 Å². The third-order valence-electron chi connectivity index (χ3n) is 3.28. The molecule has 1 aliphatic carbocycles. The van der Waals surface area contributed by atoms with Crippen LogP contribution in [0.1, 0.15) is 42.2 Å². The summed E-state index contributed by atoms with van der Waals surface area (Å²) in [5.41, 5.74) is -0.543. The van der Waals surface area contributed by atoms with Crippen LogP contribution in [0, 0.1) is 0 Å². The van der Waals surface area contributed by atoms with E-state index in [0.717, 1.165) is 6.07 Å². The molecular formula is C15H7O5-. The standard InChI is InChI=1S/C15H8O5/c16-12-7-3-1-2-4-8(7)13(17)11-9(12)5-6-10(14(11)18)15(19)20/h1-6,18H,(H,19,20)/p-1. The molecule has 0 saturated heterocycles. The number of aromatic carboxylic acids is 1. The summed E-state index contributed by atoms with van der Waals surface area (Å²) >= 11 is 0. The zero-order valence-corrected chi connectivity index (χ0v) is 10.0. The molecule has 3 rings (SSSR count). The highest BCUT2D eigenvalue weighted by Gasteiger charge is 2.30. The van der Waals surface area contributed by atoms with Crippen molar-refractivity contribution in [3.63, 3.8) is 0 Å². The van der Waals surface area contributed by atoms with Crippen molar-refractivity contribution < 1.29 is 24.6 Å². The second-order valence-corrected chi connectivity index (χ2v) is 4.37. The Labute approximate surface area is 113 Å². The number of fused-ring (bicyclic) bond motifs is 2. The maximum absolute atomic E-state index is 12.3. The molecule has 20 heavy (non-hydrogen) atoms. The van der Waals surface area contributed by atoms with Gasteiger partial charge in [0.1, 0.15) is 0 Å². The molecule has 2 aromatic carbocycles. The van der Waals surface area contributed by atoms with Crippen LogP contribution in [0.15, 0.2) is 36.4 Å². The van der Waals surface area contributed by atoms with Gasteiger partial charge in [-0.25, -0.2) is 4.79 Å². The van der Waals surface area contributed by atoms with Crippen molar-refractivity contribution in [1.82, 2.24) is 0 Å². The summed E-state index contributed by atoms with van der Waals surface area (Å²) in [6.45, 7) is 0. The molecule has 1 aliphatic rings. The van der Waals surface area contributed by atoms with Gasteiger partial charge in [-0.1, -0.05) is 30.0 Å². The molecule has 5 nitrogen and oxygen atoms in total. The highest BCUT2D eigenvalue weighted by Crippen LogP contribution is 2.33. The topological polar surface area (TPSA) is 94.5 Å². The van der Waals surface area contributed by atoms with Crippen LogP contribution in [-0.4, -0.2) is 22.6 Å². The lowest BCUT2D eigenvalue weighted by Crippen LogP contribution is -2.23. The molecule has 0 heterocycles. The second kappa shape index (κ2) is 4.03. The first-order valence-corrected chi connectivity index (χ1v) is 5.78. The van der Waals surface area contributed by atoms with Gasteiger partial charge in [-0.15, -0.1) is 0 Å². The number of benzene rings is 2. The molecule has 0 fully saturated rings. The van der Waals surface area contributed by atoms with E-state index < -0.39 is 28.8 Å². The van der Waals surface area contributed by atoms with E-state index in [1.807, 2.05) is 0 Å². The van der Waals surface area contributed by atoms with Crippen LogP contribution >= 0.6 is 0 Å². The van der Waals surface area contributed by atoms with E-state index in [1.54, 1.807) is 12.1 Å². The van der Waals surface area contributed by atoms with Gasteiger partial charge in [0, 0.05) is 22.3 Å². The predicted octanol–water partition coefficient (Wildman–Crippen LogP) is 1.23. The fraction of sp³-hybridized carbons (Fsp3) is 0. The molecule has 0 bridgehead atoms. The predicted molar refractivity (Wildman–Crippen MR) is 66.2 cm³/mol. The highest BCUT2D eigenvalue weighted by molar-refractivity contribution is 6.29. The van der Waals surface area contributed by atoms with Crippen LogP contribution in [0.25, 0.3) is 0 Å². The number of carbonyl (C=O) groups is 3. The summed E-state index contributed by atoms with van der Waals surface area (Å²) in [4.78, 5) is 35.5. The van der Waals surface area contributed by atoms with E-state index in [0.29, 0.717) is 0 Å². The van der Waals surface area contributed by atoms with Crippen molar-refractivity contribution in [3.8, 4) is 5.75 Å². The van der Waals surface area contributed by atoms with Gasteiger partial charge in [0.15, 0.2) is 11.6 Å². The van der Waals surface area contributed by atoms with Crippen LogP contribution in [0.3, 0.4) is 0 Å². The Morgan fingerprint density at radius 2 is 1.50 bits per heavy atom. The summed E-state index contributed by atoms with van der Waals surface area (Å²) < 4.78 is 0. The van der Waals surface area contributed by atoms with E-state index >= 15 is 0 Å². The minimum Gasteiger partial charge on any atom is -0.871 e. The Morgan fingerprint density at radius 1 is 0.900 bits per heavy atom. The average Bonchev–Trinajstić information content (AvgIpc) is 2.44. The summed E-state index contributed by atoms with van der Waals surface area (Å²) in [5.74, 6) is -3.38. The number of carboxylic acid groups (broad SMARTS) is 1. The first kappa shape index (κ1) is 12.1. The Kier molecular flexibility index (Phi) is 2.44. The SMILES string of the molecule is O=C(O)c1ccc2c(c1[O-])C(=O)c1ccccc1C2=O. The Balaban J connectivity index is 2.34. The summed E-state index contributed by atoms with van der Waals surface area (Å²) in [6, 6.07) is 8.44. The van der Waals surface area contributed by atoms with E-state index in [2.05, 4.69) is 0 Å². The number of carboxylic acids is 1. The number of carbonyl (C=O) groups excluding carboxylic acids is 2. The first-order valence-electron chi connectivity index (χ1n) is 5.78. The van der Waals surface area contributed by atoms with Gasteiger partial charge in [-0.2, -0.15) is 0 Å². The molecule has 0 atom stereocenters. The fourth-order valence-corrected chi connectivity index (χ4v) is 2.32. The van der Waals surface area contributed by atoms with Crippen molar-refractivity contribution in [2.45, 2.75) is 0 Å². The minimum atomic E-state index is -1.42. The maximum atomic E-state index is 12.3. The lowest BCUT2D eigenvalue weighted by molar-refractivity contribution is -0.269. The summed E-state index contributed by atoms with van der Waals surface area (Å²) in [6.07, 6.45) is 0. The zero-order chi connectivity index (χ0) is 14.4. The van der Waals surface area contributed by atoms with E-state index in [-0.39, 0.29) is 22.3 Å². The molecule has 2 aromatic rings. The second-order valence-electron chi connectivity index (χ2n) is 4.37. The summed E-state index contributed by atoms with van der Waals surface area (Å²) in [5, 5.41) is 21.0. The Hall–Kier alpha value is -2.95. The lowest BCUT2D eigenvalue weighted by Gasteiger charge is -2.23. The quantitative estimate of drug-likeness (QED) is 0.715. The number of rotatable bonds is 1. The van der Waals surface area contributed by atoms with Crippen LogP contribution < -0.4 is 5.11 Å². The van der Waals surface area contributed by atoms with Gasteiger partial charge >= 0.3 is 5.97 Å². The number of hydrogen-bond acceptors (Lipinski definition) is 4. The maximum Gasteiger partial charge on any atom is 0.335 e. The first-order chi connectivity index (χ1) is 9.52. The van der Waals surface area contributed by atoms with Gasteiger partial charge in [-0.3, -0.25) is 9.59 Å². The van der Waals surface area contributed by atoms with Gasteiger partial charge in [0.2, 0.25) is 0 Å². The van der Waals surface area contributed by atoms with Crippen LogP contribution in [0.2, 0.25) is 0 Å². The van der Waals surface area contributed by atoms with E-state index in [4.69, 9.17) is 5.11 Å². The third-order valence-corrected chi connectivity index (χ3v) is 3.28. The highest BCUT2D eigenvalue weighted by atomic mass is 16.4. The third kappa shape index (κ3) is 1.46. The normalized spacial score (nSPS) is 12.8. The molecule has 0 amide bonds. The van der Waals surface area contributed by atoms with Crippen molar-refractivity contribution in [1.29, 1.82) is 0 Å². The van der Waals surface area contributed by atoms with Crippen LogP contribution in [0.5, 0.6) is 5.75 Å². The van der Waals surface area contributed by atoms with Crippen molar-refractivity contribution >= 4 is 17.5 Å². The molecular weight excluding hydrogens is 260 g/mol. The molecule has 5 heteroatoms. The molecule has 0 unspecified atom stereocenters. The van der Waals surface area contributed by atoms with Gasteiger partial charge in [-0.05, 0) is 12.1 Å². The smallest absolute Gasteiger partial charge is 0.335 e. The Bertz CT molecular complexity index is 789. The average molecular weight is 267 g/mol. The molecule has 98 valence electrons. The Morgan fingerprint density at radius 3 is 2.10 bits per heavy atom. The van der Waals surface area contributed by atoms with E-state index in [9.17, 15) is 19.5 Å². The summed E-state index contributed by atoms with van der Waals surface area (Å²) in [7, 11) is 0. The van der Waals surface area contributed by atoms with Crippen molar-refractivity contribution in [3.05, 3.63) is 64.2 Å². The van der Waals surface area contributed by atoms with Gasteiger partial charge in [0.25, 0.3) is 0 Å². The van der Waals surface area contributed by atoms with E-state index in [1.165, 1.54) is 18.2 Å². The van der Waals surface area contributed by atoms with Gasteiger partial charge < -0.3 is 10.2 Å². The monoisotopic (exact) mass is 267 g/mol. The molecule has 0 saturated carbocycles.